The number of hydrogen-bond acceptors (Lipinski definition) is 4. The number of pyridine rings is 1. The molecule has 0 aliphatic carbocycles. The van der Waals surface area contributed by atoms with Gasteiger partial charge in [0.05, 0.1) is 18.2 Å². The van der Waals surface area contributed by atoms with Crippen molar-refractivity contribution >= 4 is 28.3 Å². The molecule has 0 unspecified atom stereocenters. The number of benzene rings is 2. The van der Waals surface area contributed by atoms with Gasteiger partial charge in [-0.2, -0.15) is 0 Å². The van der Waals surface area contributed by atoms with E-state index in [1.54, 1.807) is 62.0 Å². The Bertz CT molecular complexity index is 1210. The maximum atomic E-state index is 13.3. The first kappa shape index (κ1) is 19.0. The van der Waals surface area contributed by atoms with Gasteiger partial charge in [-0.05, 0) is 61.0 Å². The Labute approximate surface area is 173 Å². The fraction of sp³-hybridized carbons (Fsp3) is 0.130. The summed E-state index contributed by atoms with van der Waals surface area (Å²) in [5, 5.41) is 11.2. The number of nitrogens with zero attached hydrogens (tertiary/aromatic N) is 2. The summed E-state index contributed by atoms with van der Waals surface area (Å²) in [6, 6.07) is 13.8. The van der Waals surface area contributed by atoms with Gasteiger partial charge in [-0.3, -0.25) is 9.78 Å². The molecule has 1 N–H and O–H groups in total. The van der Waals surface area contributed by atoms with Crippen LogP contribution in [0.2, 0.25) is 5.02 Å². The van der Waals surface area contributed by atoms with Gasteiger partial charge in [-0.15, -0.1) is 0 Å². The summed E-state index contributed by atoms with van der Waals surface area (Å²) in [5.74, 6) is 0.763. The first-order valence-corrected chi connectivity index (χ1v) is 9.46. The minimum atomic E-state index is -0.0797. The third-order valence-electron chi connectivity index (χ3n) is 5.06. The van der Waals surface area contributed by atoms with E-state index in [1.807, 2.05) is 17.6 Å². The molecule has 4 aromatic rings. The highest BCUT2D eigenvalue weighted by molar-refractivity contribution is 6.31. The summed E-state index contributed by atoms with van der Waals surface area (Å²) in [6.07, 6.45) is 3.41. The number of ketones is 1. The molecule has 5 nitrogen and oxygen atoms in total. The molecule has 0 spiro atoms. The van der Waals surface area contributed by atoms with E-state index in [1.165, 1.54) is 0 Å². The molecule has 0 fully saturated rings. The van der Waals surface area contributed by atoms with E-state index in [-0.39, 0.29) is 11.5 Å². The number of carbonyl (C=O) groups is 1. The average Bonchev–Trinajstić information content (AvgIpc) is 3.02. The van der Waals surface area contributed by atoms with Gasteiger partial charge < -0.3 is 14.4 Å². The van der Waals surface area contributed by atoms with Gasteiger partial charge in [0.2, 0.25) is 0 Å². The van der Waals surface area contributed by atoms with Crippen LogP contribution in [-0.4, -0.2) is 27.6 Å². The van der Waals surface area contributed by atoms with E-state index in [0.29, 0.717) is 28.4 Å². The number of ether oxygens (including phenoxy) is 1. The highest BCUT2D eigenvalue weighted by Crippen LogP contribution is 2.30. The van der Waals surface area contributed by atoms with Crippen LogP contribution in [0, 0.1) is 6.92 Å². The van der Waals surface area contributed by atoms with E-state index in [2.05, 4.69) is 4.98 Å². The van der Waals surface area contributed by atoms with Crippen LogP contribution in [0.5, 0.6) is 11.5 Å². The van der Waals surface area contributed by atoms with Crippen molar-refractivity contribution in [2.24, 2.45) is 0 Å². The monoisotopic (exact) mass is 406 g/mol. The Morgan fingerprint density at radius 3 is 2.66 bits per heavy atom. The summed E-state index contributed by atoms with van der Waals surface area (Å²) in [5.41, 5.74) is 3.65. The second-order valence-corrected chi connectivity index (χ2v) is 7.18. The molecular weight excluding hydrogens is 388 g/mol. The number of aromatic hydroxyl groups is 1. The predicted octanol–water partition coefficient (Wildman–Crippen LogP) is 4.99. The summed E-state index contributed by atoms with van der Waals surface area (Å²) < 4.78 is 7.20. The molecule has 2 heterocycles. The van der Waals surface area contributed by atoms with E-state index < -0.39 is 0 Å². The van der Waals surface area contributed by atoms with Crippen LogP contribution in [0.3, 0.4) is 0 Å². The van der Waals surface area contributed by atoms with E-state index in [4.69, 9.17) is 16.3 Å². The van der Waals surface area contributed by atoms with Gasteiger partial charge >= 0.3 is 0 Å². The number of fused-ring (bicyclic) bond motifs is 1. The highest BCUT2D eigenvalue weighted by Gasteiger charge is 2.22. The summed E-state index contributed by atoms with van der Waals surface area (Å²) in [4.78, 5) is 17.5. The van der Waals surface area contributed by atoms with E-state index >= 15 is 0 Å². The molecule has 0 aliphatic heterocycles. The van der Waals surface area contributed by atoms with Gasteiger partial charge in [0, 0.05) is 40.6 Å². The minimum absolute atomic E-state index is 0.0797. The van der Waals surface area contributed by atoms with Crippen molar-refractivity contribution in [3.63, 3.8) is 0 Å². The molecule has 0 bridgehead atoms. The highest BCUT2D eigenvalue weighted by atomic mass is 35.5. The number of phenolic OH excluding ortho intramolecular Hbond substituents is 1. The first-order chi connectivity index (χ1) is 14.0. The Morgan fingerprint density at radius 2 is 1.93 bits per heavy atom. The van der Waals surface area contributed by atoms with E-state index in [0.717, 1.165) is 22.2 Å². The van der Waals surface area contributed by atoms with Gasteiger partial charge in [-0.1, -0.05) is 11.6 Å². The van der Waals surface area contributed by atoms with Crippen LogP contribution in [0.1, 0.15) is 27.2 Å². The number of aromatic nitrogens is 2. The largest absolute Gasteiger partial charge is 0.508 e. The third kappa shape index (κ3) is 3.45. The maximum Gasteiger partial charge on any atom is 0.195 e. The number of hydrogen-bond donors (Lipinski definition) is 1. The van der Waals surface area contributed by atoms with Crippen LogP contribution in [-0.2, 0) is 6.54 Å². The Hall–Kier alpha value is -3.31. The zero-order valence-corrected chi connectivity index (χ0v) is 16.8. The molecule has 29 heavy (non-hydrogen) atoms. The maximum absolute atomic E-state index is 13.3. The molecule has 6 heteroatoms. The van der Waals surface area contributed by atoms with Gasteiger partial charge in [0.25, 0.3) is 0 Å². The number of carbonyl (C=O) groups excluding carboxylic acids is 1. The summed E-state index contributed by atoms with van der Waals surface area (Å²) in [6.45, 7) is 2.34. The van der Waals surface area contributed by atoms with Crippen LogP contribution < -0.4 is 4.74 Å². The second kappa shape index (κ2) is 7.60. The number of phenols is 1. The zero-order valence-electron chi connectivity index (χ0n) is 16.0. The van der Waals surface area contributed by atoms with Crippen LogP contribution in [0.15, 0.2) is 60.9 Å². The molecule has 0 saturated carbocycles. The van der Waals surface area contributed by atoms with Crippen molar-refractivity contribution in [2.45, 2.75) is 13.5 Å². The molecule has 146 valence electrons. The molecule has 0 amide bonds. The normalized spacial score (nSPS) is 11.0. The van der Waals surface area contributed by atoms with Crippen LogP contribution in [0.4, 0.5) is 0 Å². The quantitative estimate of drug-likeness (QED) is 0.474. The number of methoxy groups -OCH3 is 1. The molecule has 4 rings (SSSR count). The van der Waals surface area contributed by atoms with Crippen LogP contribution in [0.25, 0.3) is 10.9 Å². The lowest BCUT2D eigenvalue weighted by atomic mass is 10.0. The number of halogens is 1. The van der Waals surface area contributed by atoms with Gasteiger partial charge in [0.1, 0.15) is 11.5 Å². The standard InChI is InChI=1S/C23H19ClN2O3/c1-14-22(23(28)15-3-6-18(29-2)7-4-15)19-12-25-10-9-21(19)26(14)13-16-11-17(27)5-8-20(16)24/h3-12,27H,13H2,1-2H3. The van der Waals surface area contributed by atoms with Crippen molar-refractivity contribution < 1.29 is 14.6 Å². The molecule has 0 saturated heterocycles. The predicted molar refractivity (Wildman–Crippen MR) is 113 cm³/mol. The third-order valence-corrected chi connectivity index (χ3v) is 5.43. The topological polar surface area (TPSA) is 64.3 Å². The van der Waals surface area contributed by atoms with Crippen molar-refractivity contribution in [3.05, 3.63) is 88.3 Å². The van der Waals surface area contributed by atoms with Crippen molar-refractivity contribution in [1.29, 1.82) is 0 Å². The Morgan fingerprint density at radius 1 is 1.17 bits per heavy atom. The zero-order chi connectivity index (χ0) is 20.5. The Balaban J connectivity index is 1.84. The average molecular weight is 407 g/mol. The molecule has 2 aromatic heterocycles. The smallest absolute Gasteiger partial charge is 0.195 e. The molecular formula is C23H19ClN2O3. The SMILES string of the molecule is COc1ccc(C(=O)c2c(C)n(Cc3cc(O)ccc3Cl)c3ccncc23)cc1. The lowest BCUT2D eigenvalue weighted by Gasteiger charge is -2.11. The fourth-order valence-corrected chi connectivity index (χ4v) is 3.73. The molecule has 0 radical (unpaired) electrons. The van der Waals surface area contributed by atoms with Crippen LogP contribution >= 0.6 is 11.6 Å². The van der Waals surface area contributed by atoms with Gasteiger partial charge in [0.15, 0.2) is 5.78 Å². The molecule has 2 aromatic carbocycles. The number of rotatable bonds is 5. The molecule has 0 aliphatic rings. The van der Waals surface area contributed by atoms with Gasteiger partial charge in [-0.25, -0.2) is 0 Å². The second-order valence-electron chi connectivity index (χ2n) is 6.77. The van der Waals surface area contributed by atoms with Crippen molar-refractivity contribution in [1.82, 2.24) is 9.55 Å². The lowest BCUT2D eigenvalue weighted by Crippen LogP contribution is -2.06. The minimum Gasteiger partial charge on any atom is -0.508 e. The Kier molecular flexibility index (Phi) is 4.99. The summed E-state index contributed by atoms with van der Waals surface area (Å²) >= 11 is 6.33. The fourth-order valence-electron chi connectivity index (χ4n) is 3.56. The first-order valence-electron chi connectivity index (χ1n) is 9.08. The summed E-state index contributed by atoms with van der Waals surface area (Å²) in [7, 11) is 1.59. The van der Waals surface area contributed by atoms with E-state index in [9.17, 15) is 9.90 Å². The molecule has 0 atom stereocenters. The van der Waals surface area contributed by atoms with Crippen molar-refractivity contribution in [2.75, 3.05) is 7.11 Å². The lowest BCUT2D eigenvalue weighted by molar-refractivity contribution is 0.103. The van der Waals surface area contributed by atoms with Crippen molar-refractivity contribution in [3.8, 4) is 11.5 Å².